The van der Waals surface area contributed by atoms with Gasteiger partial charge in [-0.1, -0.05) is 19.9 Å². The number of oxazole rings is 1. The Morgan fingerprint density at radius 2 is 2.25 bits per heavy atom. The van der Waals surface area contributed by atoms with E-state index < -0.39 is 0 Å². The molecule has 1 aromatic heterocycles. The fourth-order valence-electron chi connectivity index (χ4n) is 1.89. The largest absolute Gasteiger partial charge is 0.423 e. The lowest BCUT2D eigenvalue weighted by molar-refractivity contribution is 0.588. The summed E-state index contributed by atoms with van der Waals surface area (Å²) in [6.45, 7) is 4.45. The van der Waals surface area contributed by atoms with E-state index >= 15 is 0 Å². The number of aromatic nitrogens is 1. The second-order valence-electron chi connectivity index (χ2n) is 5.10. The maximum atomic E-state index is 5.82. The molecule has 3 rings (SSSR count). The highest BCUT2D eigenvalue weighted by Crippen LogP contribution is 2.46. The number of fused-ring (bicyclic) bond motifs is 1. The van der Waals surface area contributed by atoms with E-state index in [0.717, 1.165) is 17.5 Å². The Labute approximate surface area is 93.8 Å². The molecule has 1 fully saturated rings. The van der Waals surface area contributed by atoms with E-state index in [1.165, 1.54) is 0 Å². The molecule has 1 unspecified atom stereocenters. The van der Waals surface area contributed by atoms with Crippen molar-refractivity contribution in [1.29, 1.82) is 0 Å². The zero-order valence-electron chi connectivity index (χ0n) is 9.45. The molecule has 2 aromatic rings. The number of hydrogen-bond acceptors (Lipinski definition) is 4. The molecule has 3 N–H and O–H groups in total. The van der Waals surface area contributed by atoms with Crippen molar-refractivity contribution >= 4 is 22.8 Å². The summed E-state index contributed by atoms with van der Waals surface area (Å²) in [5, 5.41) is 3.29. The van der Waals surface area contributed by atoms with E-state index in [1.54, 1.807) is 0 Å². The van der Waals surface area contributed by atoms with Crippen LogP contribution in [0.2, 0.25) is 0 Å². The first-order valence-corrected chi connectivity index (χ1v) is 5.48. The molecular weight excluding hydrogens is 202 g/mol. The minimum absolute atomic E-state index is 0.353. The number of nitrogens with zero attached hydrogens (tertiary/aromatic N) is 1. The molecule has 1 saturated carbocycles. The molecule has 0 spiro atoms. The third-order valence-corrected chi connectivity index (χ3v) is 3.26. The van der Waals surface area contributed by atoms with Crippen LogP contribution < -0.4 is 11.1 Å². The van der Waals surface area contributed by atoms with Gasteiger partial charge < -0.3 is 15.5 Å². The standard InChI is InChI=1S/C12H15N3O/c1-12(2)6-9(12)14-11-15-10-7(13)4-3-5-8(10)16-11/h3-5,9H,6,13H2,1-2H3,(H,14,15). The number of para-hydroxylation sites is 1. The first-order valence-electron chi connectivity index (χ1n) is 5.48. The number of nitrogen functional groups attached to an aromatic ring is 1. The maximum Gasteiger partial charge on any atom is 0.295 e. The summed E-state index contributed by atoms with van der Waals surface area (Å²) in [5.41, 5.74) is 8.31. The van der Waals surface area contributed by atoms with Gasteiger partial charge in [0.25, 0.3) is 6.01 Å². The third-order valence-electron chi connectivity index (χ3n) is 3.26. The second kappa shape index (κ2) is 2.90. The molecule has 0 saturated heterocycles. The molecular formula is C12H15N3O. The molecule has 0 aliphatic heterocycles. The van der Waals surface area contributed by atoms with Crippen molar-refractivity contribution in [3.63, 3.8) is 0 Å². The summed E-state index contributed by atoms with van der Waals surface area (Å²) in [6.07, 6.45) is 1.15. The molecule has 4 heteroatoms. The van der Waals surface area contributed by atoms with Crippen LogP contribution in [0.3, 0.4) is 0 Å². The van der Waals surface area contributed by atoms with Crippen molar-refractivity contribution in [3.8, 4) is 0 Å². The fourth-order valence-corrected chi connectivity index (χ4v) is 1.89. The van der Waals surface area contributed by atoms with Crippen LogP contribution in [0.5, 0.6) is 0 Å². The van der Waals surface area contributed by atoms with Gasteiger partial charge in [0.2, 0.25) is 0 Å². The quantitative estimate of drug-likeness (QED) is 0.759. The Hall–Kier alpha value is -1.71. The number of hydrogen-bond donors (Lipinski definition) is 2. The van der Waals surface area contributed by atoms with Crippen LogP contribution in [0.4, 0.5) is 11.7 Å². The van der Waals surface area contributed by atoms with Crippen LogP contribution in [0.1, 0.15) is 20.3 Å². The fraction of sp³-hybridized carbons (Fsp3) is 0.417. The zero-order chi connectivity index (χ0) is 11.3. The molecule has 1 aliphatic carbocycles. The second-order valence-corrected chi connectivity index (χ2v) is 5.10. The minimum atomic E-state index is 0.353. The Kier molecular flexibility index (Phi) is 1.73. The Bertz CT molecular complexity index is 544. The van der Waals surface area contributed by atoms with Gasteiger partial charge in [0.1, 0.15) is 5.52 Å². The van der Waals surface area contributed by atoms with Crippen LogP contribution in [-0.2, 0) is 0 Å². The highest BCUT2D eigenvalue weighted by Gasteiger charge is 2.46. The van der Waals surface area contributed by atoms with E-state index in [-0.39, 0.29) is 0 Å². The highest BCUT2D eigenvalue weighted by atomic mass is 16.4. The number of rotatable bonds is 2. The van der Waals surface area contributed by atoms with E-state index in [2.05, 4.69) is 24.1 Å². The summed E-state index contributed by atoms with van der Waals surface area (Å²) in [4.78, 5) is 4.36. The van der Waals surface area contributed by atoms with Gasteiger partial charge in [-0.15, -0.1) is 0 Å². The zero-order valence-corrected chi connectivity index (χ0v) is 9.45. The summed E-state index contributed by atoms with van der Waals surface area (Å²) in [6, 6.07) is 6.61. The SMILES string of the molecule is CC1(C)CC1Nc1nc2c(N)cccc2o1. The van der Waals surface area contributed by atoms with Gasteiger partial charge in [-0.3, -0.25) is 0 Å². The molecule has 4 nitrogen and oxygen atoms in total. The predicted molar refractivity (Wildman–Crippen MR) is 64.2 cm³/mol. The van der Waals surface area contributed by atoms with Crippen molar-refractivity contribution < 1.29 is 4.42 Å². The smallest absolute Gasteiger partial charge is 0.295 e. The first-order chi connectivity index (χ1) is 7.56. The average Bonchev–Trinajstić information content (AvgIpc) is 2.64. The lowest BCUT2D eigenvalue weighted by Crippen LogP contribution is -2.08. The van der Waals surface area contributed by atoms with Gasteiger partial charge in [-0.2, -0.15) is 4.98 Å². The lowest BCUT2D eigenvalue weighted by Gasteiger charge is -2.02. The number of nitrogens with one attached hydrogen (secondary N) is 1. The number of anilines is 2. The third kappa shape index (κ3) is 1.41. The molecule has 16 heavy (non-hydrogen) atoms. The number of benzene rings is 1. The molecule has 1 aromatic carbocycles. The summed E-state index contributed by atoms with van der Waals surface area (Å²) < 4.78 is 5.59. The Balaban J connectivity index is 1.91. The maximum absolute atomic E-state index is 5.82. The molecule has 1 atom stereocenters. The summed E-state index contributed by atoms with van der Waals surface area (Å²) in [7, 11) is 0. The Morgan fingerprint density at radius 1 is 1.50 bits per heavy atom. The van der Waals surface area contributed by atoms with Crippen molar-refractivity contribution in [2.24, 2.45) is 5.41 Å². The van der Waals surface area contributed by atoms with Crippen molar-refractivity contribution in [3.05, 3.63) is 18.2 Å². The summed E-state index contributed by atoms with van der Waals surface area (Å²) >= 11 is 0. The van der Waals surface area contributed by atoms with Crippen LogP contribution in [0.25, 0.3) is 11.1 Å². The molecule has 0 radical (unpaired) electrons. The molecule has 1 heterocycles. The van der Waals surface area contributed by atoms with Gasteiger partial charge >= 0.3 is 0 Å². The first kappa shape index (κ1) is 9.51. The van der Waals surface area contributed by atoms with Crippen molar-refractivity contribution in [2.75, 3.05) is 11.1 Å². The minimum Gasteiger partial charge on any atom is -0.423 e. The van der Waals surface area contributed by atoms with Crippen LogP contribution in [0.15, 0.2) is 22.6 Å². The van der Waals surface area contributed by atoms with Gasteiger partial charge in [-0.05, 0) is 24.0 Å². The predicted octanol–water partition coefficient (Wildman–Crippen LogP) is 2.62. The molecule has 0 bridgehead atoms. The van der Waals surface area contributed by atoms with Gasteiger partial charge in [-0.25, -0.2) is 0 Å². The average molecular weight is 217 g/mol. The lowest BCUT2D eigenvalue weighted by atomic mass is 10.2. The van der Waals surface area contributed by atoms with Crippen LogP contribution in [-0.4, -0.2) is 11.0 Å². The molecule has 0 amide bonds. The monoisotopic (exact) mass is 217 g/mol. The van der Waals surface area contributed by atoms with Crippen LogP contribution in [0, 0.1) is 5.41 Å². The Morgan fingerprint density at radius 3 is 2.88 bits per heavy atom. The molecule has 84 valence electrons. The van der Waals surface area contributed by atoms with E-state index in [9.17, 15) is 0 Å². The topological polar surface area (TPSA) is 64.1 Å². The van der Waals surface area contributed by atoms with E-state index in [4.69, 9.17) is 10.2 Å². The molecule has 1 aliphatic rings. The highest BCUT2D eigenvalue weighted by molar-refractivity contribution is 5.86. The van der Waals surface area contributed by atoms with Crippen molar-refractivity contribution in [1.82, 2.24) is 4.98 Å². The number of nitrogens with two attached hydrogens (primary N) is 1. The van der Waals surface area contributed by atoms with Crippen molar-refractivity contribution in [2.45, 2.75) is 26.3 Å². The normalized spacial score (nSPS) is 22.2. The van der Waals surface area contributed by atoms with Gasteiger partial charge in [0.15, 0.2) is 5.58 Å². The van der Waals surface area contributed by atoms with E-state index in [1.807, 2.05) is 18.2 Å². The van der Waals surface area contributed by atoms with Gasteiger partial charge in [0.05, 0.1) is 5.69 Å². The van der Waals surface area contributed by atoms with Crippen LogP contribution >= 0.6 is 0 Å². The van der Waals surface area contributed by atoms with Gasteiger partial charge in [0, 0.05) is 6.04 Å². The summed E-state index contributed by atoms with van der Waals surface area (Å²) in [5.74, 6) is 0. The van der Waals surface area contributed by atoms with E-state index in [0.29, 0.717) is 23.2 Å².